The van der Waals surface area contributed by atoms with Crippen LogP contribution in [-0.4, -0.2) is 46.6 Å². The van der Waals surface area contributed by atoms with E-state index in [0.717, 1.165) is 31.2 Å². The Bertz CT molecular complexity index is 1460. The molecule has 9 nitrogen and oxygen atoms in total. The van der Waals surface area contributed by atoms with Crippen LogP contribution < -0.4 is 19.7 Å². The first-order chi connectivity index (χ1) is 20.0. The first-order valence-corrected chi connectivity index (χ1v) is 14.3. The average Bonchev–Trinajstić information content (AvgIpc) is 3.44. The molecule has 0 spiro atoms. The van der Waals surface area contributed by atoms with Gasteiger partial charge in [0.25, 0.3) is 5.91 Å². The Morgan fingerprint density at radius 3 is 2.34 bits per heavy atom. The number of fused-ring (bicyclic) bond motifs is 1. The molecule has 1 aliphatic carbocycles. The van der Waals surface area contributed by atoms with Crippen molar-refractivity contribution in [3.8, 4) is 11.5 Å². The lowest BCUT2D eigenvalue weighted by Gasteiger charge is -2.35. The highest BCUT2D eigenvalue weighted by molar-refractivity contribution is 6.03. The number of methoxy groups -OCH3 is 1. The van der Waals surface area contributed by atoms with Gasteiger partial charge in [0.05, 0.1) is 19.2 Å². The van der Waals surface area contributed by atoms with Crippen LogP contribution in [0.3, 0.4) is 0 Å². The van der Waals surface area contributed by atoms with Crippen molar-refractivity contribution in [2.24, 2.45) is 0 Å². The fraction of sp³-hybridized carbons (Fsp3) is 0.375. The highest BCUT2D eigenvalue weighted by Gasteiger charge is 2.37. The lowest BCUT2D eigenvalue weighted by Crippen LogP contribution is -2.48. The van der Waals surface area contributed by atoms with Crippen LogP contribution in [0.5, 0.6) is 11.5 Å². The Morgan fingerprint density at radius 2 is 1.66 bits per heavy atom. The topological polar surface area (TPSA) is 98.6 Å². The Kier molecular flexibility index (Phi) is 8.82. The van der Waals surface area contributed by atoms with E-state index in [1.54, 1.807) is 23.6 Å². The van der Waals surface area contributed by atoms with Gasteiger partial charge in [-0.25, -0.2) is 4.68 Å². The van der Waals surface area contributed by atoms with Crippen molar-refractivity contribution < 1.29 is 19.1 Å². The van der Waals surface area contributed by atoms with E-state index in [9.17, 15) is 9.59 Å². The zero-order valence-electron chi connectivity index (χ0n) is 23.8. The lowest BCUT2D eigenvalue weighted by molar-refractivity contribution is -0.128. The van der Waals surface area contributed by atoms with Crippen LogP contribution in [0, 0.1) is 0 Å². The molecule has 2 amide bonds. The van der Waals surface area contributed by atoms with Crippen LogP contribution >= 0.6 is 0 Å². The Balaban J connectivity index is 1.59. The van der Waals surface area contributed by atoms with E-state index < -0.39 is 12.1 Å². The maximum Gasteiger partial charge on any atom is 0.252 e. The summed E-state index contributed by atoms with van der Waals surface area (Å²) in [6.45, 7) is 4.23. The number of hydrogen-bond acceptors (Lipinski definition) is 6. The normalized spacial score (nSPS) is 15.2. The van der Waals surface area contributed by atoms with Crippen LogP contribution in [-0.2, 0) is 9.59 Å². The molecule has 1 aromatic heterocycles. The number of para-hydroxylation sites is 1. The summed E-state index contributed by atoms with van der Waals surface area (Å²) in [5, 5.41) is 11.8. The van der Waals surface area contributed by atoms with Gasteiger partial charge in [-0.05, 0) is 80.8 Å². The van der Waals surface area contributed by atoms with E-state index in [0.29, 0.717) is 34.9 Å². The number of ether oxygens (including phenoxy) is 2. The average molecular weight is 556 g/mol. The fourth-order valence-electron chi connectivity index (χ4n) is 5.48. The van der Waals surface area contributed by atoms with Gasteiger partial charge in [0, 0.05) is 11.7 Å². The number of hydrogen-bond donors (Lipinski definition) is 1. The Hall–Kier alpha value is -4.40. The number of nitrogens with zero attached hydrogens (tertiary/aromatic N) is 4. The maximum absolute atomic E-state index is 14.5. The van der Waals surface area contributed by atoms with Crippen molar-refractivity contribution in [2.75, 3.05) is 18.6 Å². The van der Waals surface area contributed by atoms with E-state index in [1.165, 1.54) is 6.42 Å². The molecule has 1 aliphatic rings. The van der Waals surface area contributed by atoms with Crippen molar-refractivity contribution in [1.82, 2.24) is 20.3 Å². The van der Waals surface area contributed by atoms with Crippen LogP contribution in [0.4, 0.5) is 5.69 Å². The maximum atomic E-state index is 14.5. The van der Waals surface area contributed by atoms with E-state index in [1.807, 2.05) is 79.7 Å². The SMILES string of the molecule is CCOc1ccc(N(C(=O)[C@@H](C)n2nnc3ccccc32)[C@H](C(=O)NC2CCCCC2)c2ccc(OC)cc2)cc1. The van der Waals surface area contributed by atoms with Crippen LogP contribution in [0.2, 0.25) is 0 Å². The molecule has 0 saturated heterocycles. The van der Waals surface area contributed by atoms with E-state index in [-0.39, 0.29) is 17.9 Å². The second-order valence-corrected chi connectivity index (χ2v) is 10.4. The van der Waals surface area contributed by atoms with E-state index in [4.69, 9.17) is 9.47 Å². The molecule has 1 saturated carbocycles. The Morgan fingerprint density at radius 1 is 0.976 bits per heavy atom. The summed E-state index contributed by atoms with van der Waals surface area (Å²) in [7, 11) is 1.60. The number of carbonyl (C=O) groups is 2. The summed E-state index contributed by atoms with van der Waals surface area (Å²) >= 11 is 0. The zero-order chi connectivity index (χ0) is 28.8. The molecule has 3 aromatic carbocycles. The zero-order valence-corrected chi connectivity index (χ0v) is 23.8. The number of aromatic nitrogens is 3. The molecule has 2 atom stereocenters. The van der Waals surface area contributed by atoms with Gasteiger partial charge in [-0.1, -0.05) is 48.7 Å². The minimum Gasteiger partial charge on any atom is -0.497 e. The first-order valence-electron chi connectivity index (χ1n) is 14.3. The third-order valence-electron chi connectivity index (χ3n) is 7.65. The molecule has 4 aromatic rings. The highest BCUT2D eigenvalue weighted by Crippen LogP contribution is 2.33. The summed E-state index contributed by atoms with van der Waals surface area (Å²) < 4.78 is 12.6. The molecule has 214 valence electrons. The smallest absolute Gasteiger partial charge is 0.252 e. The second-order valence-electron chi connectivity index (χ2n) is 10.4. The standard InChI is InChI=1S/C32H37N5O4/c1-4-41-27-20-16-25(17-21-27)36(32(39)22(2)37-29-13-9-8-12-28(29)34-35-37)30(23-14-18-26(40-3)19-15-23)31(38)33-24-10-6-5-7-11-24/h8-9,12-22,24,30H,4-7,10-11H2,1-3H3,(H,33,38)/t22-,30+/m1/s1. The van der Waals surface area contributed by atoms with Gasteiger partial charge in [0.15, 0.2) is 0 Å². The van der Waals surface area contributed by atoms with Gasteiger partial charge in [0.2, 0.25) is 5.91 Å². The minimum absolute atomic E-state index is 0.0750. The van der Waals surface area contributed by atoms with Gasteiger partial charge >= 0.3 is 0 Å². The third-order valence-corrected chi connectivity index (χ3v) is 7.65. The van der Waals surface area contributed by atoms with Gasteiger partial charge in [-0.2, -0.15) is 0 Å². The number of anilines is 1. The minimum atomic E-state index is -0.925. The number of carbonyl (C=O) groups excluding carboxylic acids is 2. The molecule has 1 fully saturated rings. The molecule has 5 rings (SSSR count). The predicted molar refractivity (Wildman–Crippen MR) is 158 cm³/mol. The molecular weight excluding hydrogens is 518 g/mol. The summed E-state index contributed by atoms with van der Waals surface area (Å²) in [6.07, 6.45) is 5.19. The third kappa shape index (κ3) is 6.19. The van der Waals surface area contributed by atoms with Crippen molar-refractivity contribution in [3.63, 3.8) is 0 Å². The van der Waals surface area contributed by atoms with Crippen LogP contribution in [0.25, 0.3) is 11.0 Å². The first kappa shape index (κ1) is 28.1. The van der Waals surface area contributed by atoms with Gasteiger partial charge in [0.1, 0.15) is 29.1 Å². The van der Waals surface area contributed by atoms with Crippen molar-refractivity contribution in [3.05, 3.63) is 78.4 Å². The van der Waals surface area contributed by atoms with Crippen molar-refractivity contribution >= 4 is 28.5 Å². The summed E-state index contributed by atoms with van der Waals surface area (Å²) in [5.74, 6) is 0.845. The Labute approximate surface area is 240 Å². The fourth-order valence-corrected chi connectivity index (χ4v) is 5.48. The number of amides is 2. The molecular formula is C32H37N5O4. The summed E-state index contributed by atoms with van der Waals surface area (Å²) in [6, 6.07) is 20.5. The molecule has 1 heterocycles. The van der Waals surface area contributed by atoms with Crippen molar-refractivity contribution in [1.29, 1.82) is 0 Å². The summed E-state index contributed by atoms with van der Waals surface area (Å²) in [5.41, 5.74) is 2.69. The van der Waals surface area contributed by atoms with E-state index in [2.05, 4.69) is 15.6 Å². The highest BCUT2D eigenvalue weighted by atomic mass is 16.5. The lowest BCUT2D eigenvalue weighted by atomic mass is 9.94. The predicted octanol–water partition coefficient (Wildman–Crippen LogP) is 5.62. The molecule has 1 N–H and O–H groups in total. The van der Waals surface area contributed by atoms with Gasteiger partial charge in [-0.15, -0.1) is 5.10 Å². The number of nitrogens with one attached hydrogen (secondary N) is 1. The van der Waals surface area contributed by atoms with Gasteiger partial charge < -0.3 is 14.8 Å². The molecule has 9 heteroatoms. The monoisotopic (exact) mass is 555 g/mol. The number of benzene rings is 3. The van der Waals surface area contributed by atoms with Crippen LogP contribution in [0.1, 0.15) is 63.6 Å². The molecule has 0 aliphatic heterocycles. The van der Waals surface area contributed by atoms with Crippen LogP contribution in [0.15, 0.2) is 72.8 Å². The molecule has 0 bridgehead atoms. The van der Waals surface area contributed by atoms with Gasteiger partial charge in [-0.3, -0.25) is 14.5 Å². The number of rotatable bonds is 10. The summed E-state index contributed by atoms with van der Waals surface area (Å²) in [4.78, 5) is 30.3. The van der Waals surface area contributed by atoms with Crippen molar-refractivity contribution in [2.45, 2.75) is 64.1 Å². The molecule has 0 unspecified atom stereocenters. The largest absolute Gasteiger partial charge is 0.497 e. The molecule has 41 heavy (non-hydrogen) atoms. The van der Waals surface area contributed by atoms with E-state index >= 15 is 0 Å². The second kappa shape index (κ2) is 12.8. The molecule has 0 radical (unpaired) electrons. The quantitative estimate of drug-likeness (QED) is 0.273.